The van der Waals surface area contributed by atoms with Gasteiger partial charge in [0.05, 0.1) is 14.3 Å². The highest BCUT2D eigenvalue weighted by Gasteiger charge is 2.15. The predicted octanol–water partition coefficient (Wildman–Crippen LogP) is 1.06. The zero-order valence-corrected chi connectivity index (χ0v) is 12.5. The van der Waals surface area contributed by atoms with Crippen LogP contribution in [0.1, 0.15) is 6.42 Å². The van der Waals surface area contributed by atoms with Gasteiger partial charge in [0.2, 0.25) is 5.82 Å². The third-order valence-corrected chi connectivity index (χ3v) is 5.69. The molecule has 0 aliphatic heterocycles. The number of hydrogen-bond donors (Lipinski definition) is 2. The van der Waals surface area contributed by atoms with Crippen molar-refractivity contribution in [2.45, 2.75) is 25.6 Å². The van der Waals surface area contributed by atoms with E-state index in [0.29, 0.717) is 17.3 Å². The molecule has 0 saturated carbocycles. The van der Waals surface area contributed by atoms with Crippen LogP contribution in [-0.2, 0) is 0 Å². The molecular weight excluding hydrogens is 281 g/mol. The molecule has 0 aliphatic carbocycles. The van der Waals surface area contributed by atoms with Crippen LogP contribution in [0.15, 0.2) is 28.1 Å². The summed E-state index contributed by atoms with van der Waals surface area (Å²) in [7, 11) is -1.42. The van der Waals surface area contributed by atoms with E-state index in [-0.39, 0.29) is 0 Å². The maximum absolute atomic E-state index is 13.0. The lowest BCUT2D eigenvalue weighted by Crippen LogP contribution is -2.41. The quantitative estimate of drug-likeness (QED) is 0.630. The van der Waals surface area contributed by atoms with Crippen LogP contribution in [0.5, 0.6) is 0 Å². The average Bonchev–Trinajstić information content (AvgIpc) is 2.38. The molecule has 8 heteroatoms. The molecule has 2 N–H and O–H groups in total. The number of carbonyl (C=O) groups excluding carboxylic acids is 1. The van der Waals surface area contributed by atoms with Crippen molar-refractivity contribution in [1.82, 2.24) is 14.9 Å². The van der Waals surface area contributed by atoms with Gasteiger partial charge < -0.3 is 5.32 Å². The number of aromatic nitrogens is 2. The molecule has 0 atom stereocenters. The minimum absolute atomic E-state index is 0.371. The Bertz CT molecular complexity index is 621. The van der Waals surface area contributed by atoms with Crippen molar-refractivity contribution in [1.29, 1.82) is 0 Å². The molecule has 0 unspecified atom stereocenters. The Labute approximate surface area is 116 Å². The fourth-order valence-electron chi connectivity index (χ4n) is 1.53. The lowest BCUT2D eigenvalue weighted by atomic mass is 10.5. The fraction of sp³-hybridized carbons (Fsp3) is 0.417. The van der Waals surface area contributed by atoms with Crippen molar-refractivity contribution in [3.05, 3.63) is 45.1 Å². The molecule has 1 amide bonds. The highest BCUT2D eigenvalue weighted by molar-refractivity contribution is 6.82. The summed E-state index contributed by atoms with van der Waals surface area (Å²) < 4.78 is 13.5. The van der Waals surface area contributed by atoms with Crippen molar-refractivity contribution in [2.24, 2.45) is 0 Å². The second kappa shape index (κ2) is 6.46. The van der Waals surface area contributed by atoms with E-state index in [1.807, 2.05) is 5.70 Å². The van der Waals surface area contributed by atoms with E-state index < -0.39 is 31.2 Å². The summed E-state index contributed by atoms with van der Waals surface area (Å²) in [6.07, 6.45) is 1.33. The first-order valence-electron chi connectivity index (χ1n) is 6.20. The largest absolute Gasteiger partial charge is 0.337 e. The van der Waals surface area contributed by atoms with Gasteiger partial charge in [-0.15, -0.1) is 12.3 Å². The number of hydrogen-bond acceptors (Lipinski definition) is 3. The molecule has 1 heterocycles. The van der Waals surface area contributed by atoms with Gasteiger partial charge in [0.1, 0.15) is 0 Å². The Morgan fingerprint density at radius 1 is 1.55 bits per heavy atom. The van der Waals surface area contributed by atoms with E-state index in [1.165, 1.54) is 0 Å². The Hall–Kier alpha value is -1.96. The third kappa shape index (κ3) is 4.30. The minimum atomic E-state index is -1.42. The van der Waals surface area contributed by atoms with Gasteiger partial charge in [0.15, 0.2) is 0 Å². The predicted molar refractivity (Wildman–Crippen MR) is 77.2 cm³/mol. The molecule has 0 spiro atoms. The van der Waals surface area contributed by atoms with Gasteiger partial charge in [-0.1, -0.05) is 19.1 Å². The molecule has 0 aromatic carbocycles. The number of amides is 1. The Balaban J connectivity index is 2.61. The molecule has 0 saturated heterocycles. The maximum atomic E-state index is 13.0. The first-order chi connectivity index (χ1) is 9.26. The molecule has 1 aromatic heterocycles. The van der Waals surface area contributed by atoms with Crippen LogP contribution >= 0.6 is 0 Å². The zero-order valence-electron chi connectivity index (χ0n) is 11.5. The molecule has 20 heavy (non-hydrogen) atoms. The molecule has 1 rings (SSSR count). The van der Waals surface area contributed by atoms with Gasteiger partial charge >= 0.3 is 11.7 Å². The lowest BCUT2D eigenvalue weighted by molar-refractivity contribution is 0.240. The van der Waals surface area contributed by atoms with Crippen molar-refractivity contribution in [2.75, 3.05) is 6.54 Å². The number of H-pyrrole nitrogens is 1. The monoisotopic (exact) mass is 299 g/mol. The summed E-state index contributed by atoms with van der Waals surface area (Å²) in [4.78, 5) is 35.6. The maximum Gasteiger partial charge on any atom is 0.336 e. The minimum Gasteiger partial charge on any atom is -0.337 e. The summed E-state index contributed by atoms with van der Waals surface area (Å²) in [5.74, 6) is -1.18. The van der Waals surface area contributed by atoms with E-state index in [9.17, 15) is 18.8 Å². The zero-order chi connectivity index (χ0) is 15.3. The van der Waals surface area contributed by atoms with Crippen LogP contribution in [0.4, 0.5) is 9.18 Å². The molecule has 1 aromatic rings. The highest BCUT2D eigenvalue weighted by atomic mass is 28.3. The summed E-state index contributed by atoms with van der Waals surface area (Å²) >= 11 is 0. The van der Waals surface area contributed by atoms with Gasteiger partial charge in [-0.05, 0) is 6.42 Å². The van der Waals surface area contributed by atoms with Crippen molar-refractivity contribution in [3.63, 3.8) is 0 Å². The first kappa shape index (κ1) is 16.1. The lowest BCUT2D eigenvalue weighted by Gasteiger charge is -2.16. The number of aromatic amines is 1. The molecular formula is C12H18FN3O3Si. The summed E-state index contributed by atoms with van der Waals surface area (Å²) in [5, 5.41) is 2.51. The summed E-state index contributed by atoms with van der Waals surface area (Å²) in [6.45, 7) is 8.46. The van der Waals surface area contributed by atoms with Crippen LogP contribution < -0.4 is 16.6 Å². The van der Waals surface area contributed by atoms with E-state index in [1.54, 1.807) is 4.98 Å². The average molecular weight is 299 g/mol. The van der Waals surface area contributed by atoms with Crippen molar-refractivity contribution >= 4 is 14.1 Å². The van der Waals surface area contributed by atoms with Crippen molar-refractivity contribution < 1.29 is 9.18 Å². The standard InChI is InChI=1S/C12H18FN3O3Si/c1-4-20(2,3)7-5-6-14-11(18)16-8-9(13)10(17)15-12(16)19/h4,8H,1,5-7H2,2-3H3,(H,14,18)(H,15,17,19). The van der Waals surface area contributed by atoms with Gasteiger partial charge in [0.25, 0.3) is 5.56 Å². The first-order valence-corrected chi connectivity index (χ1v) is 9.48. The smallest absolute Gasteiger partial charge is 0.336 e. The topological polar surface area (TPSA) is 84.0 Å². The Kier molecular flexibility index (Phi) is 5.20. The highest BCUT2D eigenvalue weighted by Crippen LogP contribution is 2.11. The summed E-state index contributed by atoms with van der Waals surface area (Å²) in [5.41, 5.74) is -0.135. The molecule has 0 radical (unpaired) electrons. The van der Waals surface area contributed by atoms with Crippen LogP contribution in [0.2, 0.25) is 19.1 Å². The second-order valence-electron chi connectivity index (χ2n) is 5.13. The van der Waals surface area contributed by atoms with Gasteiger partial charge in [-0.3, -0.25) is 9.78 Å². The number of nitrogens with zero attached hydrogens (tertiary/aromatic N) is 1. The van der Waals surface area contributed by atoms with E-state index in [0.717, 1.165) is 12.5 Å². The third-order valence-electron chi connectivity index (χ3n) is 2.94. The van der Waals surface area contributed by atoms with E-state index in [2.05, 4.69) is 25.0 Å². The fourth-order valence-corrected chi connectivity index (χ4v) is 2.82. The van der Waals surface area contributed by atoms with E-state index >= 15 is 0 Å². The molecule has 0 bridgehead atoms. The van der Waals surface area contributed by atoms with Gasteiger partial charge in [-0.2, -0.15) is 4.39 Å². The summed E-state index contributed by atoms with van der Waals surface area (Å²) in [6, 6.07) is 0.189. The van der Waals surface area contributed by atoms with Crippen LogP contribution in [0.3, 0.4) is 0 Å². The molecule has 0 aliphatic rings. The molecule has 0 fully saturated rings. The van der Waals surface area contributed by atoms with Crippen LogP contribution in [0.25, 0.3) is 0 Å². The second-order valence-corrected chi connectivity index (χ2v) is 10.0. The van der Waals surface area contributed by atoms with Crippen molar-refractivity contribution in [3.8, 4) is 0 Å². The number of carbonyl (C=O) groups is 1. The SMILES string of the molecule is C=C[Si](C)(C)CCCNC(=O)n1cc(F)c(=O)[nH]c1=O. The molecule has 110 valence electrons. The Morgan fingerprint density at radius 3 is 2.80 bits per heavy atom. The normalized spacial score (nSPS) is 11.2. The number of nitrogens with one attached hydrogen (secondary N) is 2. The van der Waals surface area contributed by atoms with Crippen LogP contribution in [0, 0.1) is 5.82 Å². The molecule has 6 nitrogen and oxygen atoms in total. The van der Waals surface area contributed by atoms with E-state index in [4.69, 9.17) is 0 Å². The number of halogens is 1. The van der Waals surface area contributed by atoms with Gasteiger partial charge in [0, 0.05) is 6.54 Å². The Morgan fingerprint density at radius 2 is 2.20 bits per heavy atom. The van der Waals surface area contributed by atoms with Gasteiger partial charge in [-0.25, -0.2) is 14.2 Å². The van der Waals surface area contributed by atoms with Crippen LogP contribution in [-0.4, -0.2) is 30.2 Å². The number of rotatable bonds is 5.